The number of nitrogens with zero attached hydrogens (tertiary/aromatic N) is 2. The van der Waals surface area contributed by atoms with Crippen molar-refractivity contribution in [3.05, 3.63) is 17.3 Å². The van der Waals surface area contributed by atoms with Crippen LogP contribution in [0.15, 0.2) is 20.2 Å². The summed E-state index contributed by atoms with van der Waals surface area (Å²) < 4.78 is 32.8. The predicted molar refractivity (Wildman–Crippen MR) is 79.5 cm³/mol. The smallest absolute Gasteiger partial charge is 0.250 e. The Morgan fingerprint density at radius 3 is 2.76 bits per heavy atom. The van der Waals surface area contributed by atoms with Gasteiger partial charge in [0.2, 0.25) is 21.7 Å². The van der Waals surface area contributed by atoms with E-state index in [0.717, 1.165) is 25.7 Å². The summed E-state index contributed by atoms with van der Waals surface area (Å²) in [7, 11) is -3.46. The van der Waals surface area contributed by atoms with Gasteiger partial charge < -0.3 is 4.52 Å². The molecule has 2 aromatic heterocycles. The van der Waals surface area contributed by atoms with Crippen molar-refractivity contribution in [1.29, 1.82) is 0 Å². The average molecular weight is 327 g/mol. The van der Waals surface area contributed by atoms with E-state index in [2.05, 4.69) is 14.9 Å². The molecule has 2 aromatic rings. The molecule has 0 aromatic carbocycles. The molecule has 1 aliphatic carbocycles. The third-order valence-electron chi connectivity index (χ3n) is 3.55. The van der Waals surface area contributed by atoms with Gasteiger partial charge in [0.1, 0.15) is 4.21 Å². The van der Waals surface area contributed by atoms with Crippen molar-refractivity contribution < 1.29 is 12.9 Å². The molecule has 1 aliphatic rings. The van der Waals surface area contributed by atoms with Crippen molar-refractivity contribution in [3.8, 4) is 11.4 Å². The topological polar surface area (TPSA) is 85.1 Å². The molecular formula is C13H17N3O3S2. The van der Waals surface area contributed by atoms with E-state index in [1.54, 1.807) is 18.4 Å². The van der Waals surface area contributed by atoms with Gasteiger partial charge in [-0.2, -0.15) is 4.98 Å². The molecule has 1 N–H and O–H groups in total. The van der Waals surface area contributed by atoms with Crippen LogP contribution in [0.3, 0.4) is 0 Å². The molecule has 0 radical (unpaired) electrons. The Labute approximate surface area is 127 Å². The number of hydrogen-bond acceptors (Lipinski definition) is 6. The van der Waals surface area contributed by atoms with E-state index in [1.165, 1.54) is 17.8 Å². The third-order valence-corrected chi connectivity index (χ3v) is 6.51. The lowest BCUT2D eigenvalue weighted by Crippen LogP contribution is -2.35. The van der Waals surface area contributed by atoms with Gasteiger partial charge in [0, 0.05) is 23.9 Å². The fraction of sp³-hybridized carbons (Fsp3) is 0.538. The van der Waals surface area contributed by atoms with E-state index in [9.17, 15) is 8.42 Å². The molecule has 0 spiro atoms. The SMILES string of the molecule is Cc1nc(-c2csc(S(=O)(=O)NC3CCCCC3)c2)no1. The number of nitrogens with one attached hydrogen (secondary N) is 1. The van der Waals surface area contributed by atoms with E-state index >= 15 is 0 Å². The molecule has 0 bridgehead atoms. The molecule has 1 fully saturated rings. The zero-order valence-corrected chi connectivity index (χ0v) is 13.3. The van der Waals surface area contributed by atoms with Crippen molar-refractivity contribution >= 4 is 21.4 Å². The summed E-state index contributed by atoms with van der Waals surface area (Å²) in [5.74, 6) is 0.879. The monoisotopic (exact) mass is 327 g/mol. The Bertz CT molecular complexity index is 715. The van der Waals surface area contributed by atoms with Crippen LogP contribution in [-0.2, 0) is 10.0 Å². The van der Waals surface area contributed by atoms with Gasteiger partial charge in [0.05, 0.1) is 0 Å². The average Bonchev–Trinajstić information content (AvgIpc) is 3.08. The van der Waals surface area contributed by atoms with Gasteiger partial charge in [-0.05, 0) is 18.9 Å². The highest BCUT2D eigenvalue weighted by Crippen LogP contribution is 2.28. The van der Waals surface area contributed by atoms with Gasteiger partial charge in [-0.15, -0.1) is 11.3 Å². The summed E-state index contributed by atoms with van der Waals surface area (Å²) in [5.41, 5.74) is 0.667. The maximum atomic E-state index is 12.4. The summed E-state index contributed by atoms with van der Waals surface area (Å²) in [4.78, 5) is 4.11. The minimum atomic E-state index is -3.46. The predicted octanol–water partition coefficient (Wildman–Crippen LogP) is 2.72. The molecule has 0 amide bonds. The Balaban J connectivity index is 1.78. The van der Waals surface area contributed by atoms with Crippen LogP contribution in [-0.4, -0.2) is 24.6 Å². The van der Waals surface area contributed by atoms with Crippen molar-refractivity contribution in [2.45, 2.75) is 49.3 Å². The highest BCUT2D eigenvalue weighted by Gasteiger charge is 2.24. The standard InChI is InChI=1S/C13H17N3O3S2/c1-9-14-13(15-19-9)10-7-12(20-8-10)21(17,18)16-11-5-3-2-4-6-11/h7-8,11,16H,2-6H2,1H3. The first-order valence-electron chi connectivity index (χ1n) is 6.96. The van der Waals surface area contributed by atoms with Gasteiger partial charge in [0.15, 0.2) is 0 Å². The van der Waals surface area contributed by atoms with Crippen LogP contribution in [0.2, 0.25) is 0 Å². The second-order valence-electron chi connectivity index (χ2n) is 5.25. The van der Waals surface area contributed by atoms with E-state index in [0.29, 0.717) is 21.5 Å². The quantitative estimate of drug-likeness (QED) is 0.933. The zero-order chi connectivity index (χ0) is 14.9. The third kappa shape index (κ3) is 3.33. The molecule has 0 aliphatic heterocycles. The van der Waals surface area contributed by atoms with Crippen LogP contribution in [0.25, 0.3) is 11.4 Å². The summed E-state index contributed by atoms with van der Waals surface area (Å²) in [5, 5.41) is 5.54. The van der Waals surface area contributed by atoms with Crippen LogP contribution >= 0.6 is 11.3 Å². The fourth-order valence-electron chi connectivity index (χ4n) is 2.49. The number of aromatic nitrogens is 2. The van der Waals surface area contributed by atoms with Crippen molar-refractivity contribution in [3.63, 3.8) is 0 Å². The minimum Gasteiger partial charge on any atom is -0.339 e. The van der Waals surface area contributed by atoms with Crippen molar-refractivity contribution in [2.75, 3.05) is 0 Å². The molecule has 0 unspecified atom stereocenters. The molecule has 1 saturated carbocycles. The number of hydrogen-bond donors (Lipinski definition) is 1. The summed E-state index contributed by atoms with van der Waals surface area (Å²) >= 11 is 1.18. The lowest BCUT2D eigenvalue weighted by Gasteiger charge is -2.22. The zero-order valence-electron chi connectivity index (χ0n) is 11.7. The van der Waals surface area contributed by atoms with Gasteiger partial charge >= 0.3 is 0 Å². The Morgan fingerprint density at radius 2 is 2.10 bits per heavy atom. The molecule has 21 heavy (non-hydrogen) atoms. The molecule has 114 valence electrons. The second kappa shape index (κ2) is 5.86. The maximum Gasteiger partial charge on any atom is 0.250 e. The molecule has 0 saturated heterocycles. The van der Waals surface area contributed by atoms with Crippen LogP contribution in [0.5, 0.6) is 0 Å². The van der Waals surface area contributed by atoms with Gasteiger partial charge in [-0.1, -0.05) is 24.4 Å². The van der Waals surface area contributed by atoms with E-state index in [-0.39, 0.29) is 6.04 Å². The number of sulfonamides is 1. The van der Waals surface area contributed by atoms with Crippen molar-refractivity contribution in [2.24, 2.45) is 0 Å². The second-order valence-corrected chi connectivity index (χ2v) is 8.10. The first-order valence-corrected chi connectivity index (χ1v) is 9.32. The van der Waals surface area contributed by atoms with Crippen LogP contribution in [0.4, 0.5) is 0 Å². The molecule has 6 nitrogen and oxygen atoms in total. The van der Waals surface area contributed by atoms with Gasteiger partial charge in [0.25, 0.3) is 0 Å². The number of aryl methyl sites for hydroxylation is 1. The Hall–Kier alpha value is -1.25. The van der Waals surface area contributed by atoms with Gasteiger partial charge in [-0.25, -0.2) is 13.1 Å². The first kappa shape index (κ1) is 14.7. The summed E-state index contributed by atoms with van der Waals surface area (Å²) in [6, 6.07) is 1.65. The highest BCUT2D eigenvalue weighted by atomic mass is 32.2. The minimum absolute atomic E-state index is 0.0571. The fourth-order valence-corrected chi connectivity index (χ4v) is 4.97. The molecule has 2 heterocycles. The van der Waals surface area contributed by atoms with Crippen LogP contribution in [0.1, 0.15) is 38.0 Å². The largest absolute Gasteiger partial charge is 0.339 e. The first-order chi connectivity index (χ1) is 10.0. The van der Waals surface area contributed by atoms with E-state index in [1.807, 2.05) is 0 Å². The Morgan fingerprint density at radius 1 is 1.33 bits per heavy atom. The lowest BCUT2D eigenvalue weighted by molar-refractivity contribution is 0.394. The Kier molecular flexibility index (Phi) is 4.10. The molecule has 3 rings (SSSR count). The molecular weight excluding hydrogens is 310 g/mol. The van der Waals surface area contributed by atoms with Crippen molar-refractivity contribution in [1.82, 2.24) is 14.9 Å². The van der Waals surface area contributed by atoms with E-state index in [4.69, 9.17) is 4.52 Å². The molecule has 0 atom stereocenters. The summed E-state index contributed by atoms with van der Waals surface area (Å²) in [6.45, 7) is 1.70. The van der Waals surface area contributed by atoms with E-state index < -0.39 is 10.0 Å². The lowest BCUT2D eigenvalue weighted by atomic mass is 9.96. The normalized spacial score (nSPS) is 17.2. The maximum absolute atomic E-state index is 12.4. The summed E-state index contributed by atoms with van der Waals surface area (Å²) in [6.07, 6.45) is 5.21. The van der Waals surface area contributed by atoms with Crippen LogP contribution < -0.4 is 4.72 Å². The number of rotatable bonds is 4. The highest BCUT2D eigenvalue weighted by molar-refractivity contribution is 7.91. The van der Waals surface area contributed by atoms with Crippen LogP contribution in [0, 0.1) is 6.92 Å². The van der Waals surface area contributed by atoms with Gasteiger partial charge in [-0.3, -0.25) is 0 Å². The number of thiophene rings is 1. The molecule has 8 heteroatoms.